The van der Waals surface area contributed by atoms with Crippen molar-refractivity contribution in [1.82, 2.24) is 4.90 Å². The van der Waals surface area contributed by atoms with Crippen molar-refractivity contribution in [2.45, 2.75) is 58.1 Å². The zero-order chi connectivity index (χ0) is 14.4. The van der Waals surface area contributed by atoms with E-state index in [0.717, 1.165) is 25.2 Å². The lowest BCUT2D eigenvalue weighted by atomic mass is 9.43. The van der Waals surface area contributed by atoms with Crippen LogP contribution in [0.2, 0.25) is 0 Å². The van der Waals surface area contributed by atoms with Crippen LogP contribution in [0.5, 0.6) is 0 Å². The average Bonchev–Trinajstić information content (AvgIpc) is 2.09. The molecule has 3 rings (SSSR count). The fourth-order valence-electron chi connectivity index (χ4n) is 3.17. The Morgan fingerprint density at radius 3 is 2.21 bits per heavy atom. The highest BCUT2D eigenvalue weighted by molar-refractivity contribution is 5.80. The summed E-state index contributed by atoms with van der Waals surface area (Å²) in [5, 5.41) is 9.34. The molecule has 5 nitrogen and oxygen atoms in total. The molecule has 3 fully saturated rings. The first kappa shape index (κ1) is 14.2. The van der Waals surface area contributed by atoms with Gasteiger partial charge < -0.3 is 9.84 Å². The van der Waals surface area contributed by atoms with Crippen LogP contribution in [0.1, 0.15) is 46.5 Å². The molecule has 0 aromatic heterocycles. The minimum Gasteiger partial charge on any atom is -0.480 e. The van der Waals surface area contributed by atoms with Crippen LogP contribution in [0.3, 0.4) is 0 Å². The second-order valence-corrected chi connectivity index (χ2v) is 7.13. The molecule has 0 unspecified atom stereocenters. The maximum atomic E-state index is 11.9. The number of carbonyl (C=O) groups excluding carboxylic acids is 1. The lowest BCUT2D eigenvalue weighted by Gasteiger charge is -2.63. The standard InChI is InChI=1S/C14H23NO4/c1-13(2,3)19-12(18)15(4)10(11(16)17)8-14-5-9(6-14)7-14/h9-10H,5-8H2,1-4H3,(H,16,17)/t9?,10-,14?/m0/s1. The topological polar surface area (TPSA) is 66.8 Å². The Morgan fingerprint density at radius 2 is 1.89 bits per heavy atom. The molecule has 1 N–H and O–H groups in total. The number of likely N-dealkylation sites (N-methyl/N-ethyl adjacent to an activating group) is 1. The molecule has 0 heterocycles. The Hall–Kier alpha value is -1.26. The predicted octanol–water partition coefficient (Wildman–Crippen LogP) is 2.50. The lowest BCUT2D eigenvalue weighted by molar-refractivity contribution is -0.155. The van der Waals surface area contributed by atoms with E-state index in [1.165, 1.54) is 11.9 Å². The van der Waals surface area contributed by atoms with E-state index in [1.807, 2.05) is 0 Å². The van der Waals surface area contributed by atoms with Crippen molar-refractivity contribution in [1.29, 1.82) is 0 Å². The average molecular weight is 269 g/mol. The summed E-state index contributed by atoms with van der Waals surface area (Å²) in [6.07, 6.45) is 3.36. The molecule has 3 aliphatic carbocycles. The van der Waals surface area contributed by atoms with Gasteiger partial charge in [-0.25, -0.2) is 9.59 Å². The van der Waals surface area contributed by atoms with Crippen LogP contribution in [0.25, 0.3) is 0 Å². The highest BCUT2D eigenvalue weighted by atomic mass is 16.6. The minimum absolute atomic E-state index is 0.185. The molecule has 19 heavy (non-hydrogen) atoms. The van der Waals surface area contributed by atoms with E-state index in [1.54, 1.807) is 20.8 Å². The fraction of sp³-hybridized carbons (Fsp3) is 0.857. The van der Waals surface area contributed by atoms with Crippen molar-refractivity contribution in [3.8, 4) is 0 Å². The third-order valence-corrected chi connectivity index (χ3v) is 4.23. The Kier molecular flexibility index (Phi) is 3.27. The maximum Gasteiger partial charge on any atom is 0.410 e. The van der Waals surface area contributed by atoms with Crippen LogP contribution in [-0.4, -0.2) is 40.8 Å². The molecule has 0 aromatic rings. The summed E-state index contributed by atoms with van der Waals surface area (Å²) >= 11 is 0. The van der Waals surface area contributed by atoms with E-state index in [4.69, 9.17) is 4.74 Å². The number of carboxylic acid groups (broad SMARTS) is 1. The van der Waals surface area contributed by atoms with Gasteiger partial charge in [0.15, 0.2) is 0 Å². The predicted molar refractivity (Wildman–Crippen MR) is 69.8 cm³/mol. The zero-order valence-electron chi connectivity index (χ0n) is 12.1. The highest BCUT2D eigenvalue weighted by Gasteiger charge is 2.58. The second kappa shape index (κ2) is 4.39. The summed E-state index contributed by atoms with van der Waals surface area (Å²) in [7, 11) is 1.51. The molecule has 1 amide bonds. The Labute approximate surface area is 113 Å². The van der Waals surface area contributed by atoms with Crippen LogP contribution >= 0.6 is 0 Å². The number of ether oxygens (including phenoxy) is 1. The van der Waals surface area contributed by atoms with Gasteiger partial charge in [0.2, 0.25) is 0 Å². The molecule has 2 bridgehead atoms. The smallest absolute Gasteiger partial charge is 0.410 e. The monoisotopic (exact) mass is 269 g/mol. The maximum absolute atomic E-state index is 11.9. The molecular weight excluding hydrogens is 246 g/mol. The first-order valence-corrected chi connectivity index (χ1v) is 6.81. The van der Waals surface area contributed by atoms with Gasteiger partial charge in [0, 0.05) is 7.05 Å². The summed E-state index contributed by atoms with van der Waals surface area (Å²) in [6, 6.07) is -0.781. The van der Waals surface area contributed by atoms with Crippen LogP contribution < -0.4 is 0 Å². The van der Waals surface area contributed by atoms with Crippen molar-refractivity contribution < 1.29 is 19.4 Å². The van der Waals surface area contributed by atoms with E-state index in [-0.39, 0.29) is 5.41 Å². The van der Waals surface area contributed by atoms with Crippen LogP contribution in [0.15, 0.2) is 0 Å². The number of rotatable bonds is 4. The number of carbonyl (C=O) groups is 2. The quantitative estimate of drug-likeness (QED) is 0.851. The molecule has 3 saturated carbocycles. The summed E-state index contributed by atoms with van der Waals surface area (Å²) < 4.78 is 5.23. The van der Waals surface area contributed by atoms with E-state index < -0.39 is 23.7 Å². The van der Waals surface area contributed by atoms with Gasteiger partial charge in [-0.1, -0.05) is 0 Å². The van der Waals surface area contributed by atoms with Crippen molar-refractivity contribution in [3.05, 3.63) is 0 Å². The van der Waals surface area contributed by atoms with Crippen molar-refractivity contribution >= 4 is 12.1 Å². The Bertz CT molecular complexity index is 382. The first-order chi connectivity index (χ1) is 8.62. The van der Waals surface area contributed by atoms with Gasteiger partial charge in [0.05, 0.1) is 0 Å². The SMILES string of the molecule is CN(C(=O)OC(C)(C)C)[C@@H](CC12CC(C1)C2)C(=O)O. The molecule has 1 atom stereocenters. The molecule has 5 heteroatoms. The number of amides is 1. The highest BCUT2D eigenvalue weighted by Crippen LogP contribution is 2.66. The largest absolute Gasteiger partial charge is 0.480 e. The summed E-state index contributed by atoms with van der Waals surface area (Å²) in [6.45, 7) is 5.32. The van der Waals surface area contributed by atoms with Gasteiger partial charge in [0.1, 0.15) is 11.6 Å². The van der Waals surface area contributed by atoms with Crippen LogP contribution in [0.4, 0.5) is 4.79 Å². The second-order valence-electron chi connectivity index (χ2n) is 7.13. The normalized spacial score (nSPS) is 29.8. The van der Waals surface area contributed by atoms with Gasteiger partial charge in [-0.15, -0.1) is 0 Å². The van der Waals surface area contributed by atoms with Crippen molar-refractivity contribution in [3.63, 3.8) is 0 Å². The number of nitrogens with zero attached hydrogens (tertiary/aromatic N) is 1. The molecule has 0 aromatic carbocycles. The molecule has 0 spiro atoms. The van der Waals surface area contributed by atoms with Gasteiger partial charge in [0.25, 0.3) is 0 Å². The van der Waals surface area contributed by atoms with Gasteiger partial charge in [-0.05, 0) is 57.8 Å². The number of carboxylic acids is 1. The molecule has 108 valence electrons. The van der Waals surface area contributed by atoms with Crippen LogP contribution in [-0.2, 0) is 9.53 Å². The fourth-order valence-corrected chi connectivity index (χ4v) is 3.17. The van der Waals surface area contributed by atoms with E-state index >= 15 is 0 Å². The molecule has 0 saturated heterocycles. The van der Waals surface area contributed by atoms with Crippen molar-refractivity contribution in [2.75, 3.05) is 7.05 Å². The molecule has 0 radical (unpaired) electrons. The Morgan fingerprint density at radius 1 is 1.37 bits per heavy atom. The van der Waals surface area contributed by atoms with E-state index in [0.29, 0.717) is 6.42 Å². The number of aliphatic carboxylic acids is 1. The molecular formula is C14H23NO4. The van der Waals surface area contributed by atoms with Crippen molar-refractivity contribution in [2.24, 2.45) is 11.3 Å². The van der Waals surface area contributed by atoms with Gasteiger partial charge in [-0.2, -0.15) is 0 Å². The third-order valence-electron chi connectivity index (χ3n) is 4.23. The zero-order valence-corrected chi connectivity index (χ0v) is 12.1. The van der Waals surface area contributed by atoms with Crippen LogP contribution in [0, 0.1) is 11.3 Å². The minimum atomic E-state index is -0.946. The Balaban J connectivity index is 1.97. The lowest BCUT2D eigenvalue weighted by Crippen LogP contribution is -2.57. The third kappa shape index (κ3) is 2.85. The molecule has 0 aliphatic heterocycles. The first-order valence-electron chi connectivity index (χ1n) is 6.81. The van der Waals surface area contributed by atoms with E-state index in [2.05, 4.69) is 0 Å². The molecule has 3 aliphatic rings. The summed E-state index contributed by atoms with van der Waals surface area (Å²) in [4.78, 5) is 24.6. The summed E-state index contributed by atoms with van der Waals surface area (Å²) in [5.74, 6) is -0.139. The van der Waals surface area contributed by atoms with Gasteiger partial charge >= 0.3 is 12.1 Å². The number of hydrogen-bond acceptors (Lipinski definition) is 3. The van der Waals surface area contributed by atoms with E-state index in [9.17, 15) is 14.7 Å². The summed E-state index contributed by atoms with van der Waals surface area (Å²) in [5.41, 5.74) is -0.422. The van der Waals surface area contributed by atoms with Gasteiger partial charge in [-0.3, -0.25) is 4.90 Å². The number of hydrogen-bond donors (Lipinski definition) is 1.